The van der Waals surface area contributed by atoms with E-state index in [0.717, 1.165) is 54.6 Å². The second kappa shape index (κ2) is 8.92. The summed E-state index contributed by atoms with van der Waals surface area (Å²) in [6.07, 6.45) is 3.31. The molecule has 0 aliphatic carbocycles. The van der Waals surface area contributed by atoms with Crippen LogP contribution in [0.15, 0.2) is 52.9 Å². The molecule has 2 aromatic carbocycles. The Morgan fingerprint density at radius 3 is 2.73 bits per heavy atom. The fourth-order valence-corrected chi connectivity index (χ4v) is 4.18. The van der Waals surface area contributed by atoms with Crippen molar-refractivity contribution in [1.29, 1.82) is 0 Å². The highest BCUT2D eigenvalue weighted by molar-refractivity contribution is 6.07. The van der Waals surface area contributed by atoms with E-state index in [0.29, 0.717) is 24.0 Å². The Morgan fingerprint density at radius 1 is 1.17 bits per heavy atom. The summed E-state index contributed by atoms with van der Waals surface area (Å²) in [5.74, 6) is 1.46. The molecular weight excluding hydrogens is 376 g/mol. The Kier molecular flexibility index (Phi) is 6.09. The number of furan rings is 1. The number of rotatable bonds is 5. The van der Waals surface area contributed by atoms with E-state index in [1.54, 1.807) is 0 Å². The molecule has 1 fully saturated rings. The number of hydrogen-bond acceptors (Lipinski definition) is 4. The predicted octanol–water partition coefficient (Wildman–Crippen LogP) is 4.88. The highest BCUT2D eigenvalue weighted by Gasteiger charge is 2.28. The average molecular weight is 407 g/mol. The van der Waals surface area contributed by atoms with E-state index in [4.69, 9.17) is 9.15 Å². The van der Waals surface area contributed by atoms with Gasteiger partial charge in [0.2, 0.25) is 0 Å². The molecule has 30 heavy (non-hydrogen) atoms. The van der Waals surface area contributed by atoms with Gasteiger partial charge in [-0.15, -0.1) is 0 Å². The Hall–Kier alpha value is -2.79. The number of likely N-dealkylation sites (N-methyl/N-ethyl adjacent to an activating group) is 1. The Morgan fingerprint density at radius 2 is 1.97 bits per heavy atom. The van der Waals surface area contributed by atoms with Crippen molar-refractivity contribution in [1.82, 2.24) is 9.80 Å². The molecule has 0 bridgehead atoms. The van der Waals surface area contributed by atoms with Gasteiger partial charge in [0, 0.05) is 24.5 Å². The second-order valence-corrected chi connectivity index (χ2v) is 8.33. The highest BCUT2D eigenvalue weighted by Crippen LogP contribution is 2.31. The zero-order chi connectivity index (χ0) is 21.1. The SMILES string of the molecule is Cc1oc2ccc(OCc3ccccc3)cc2c1C(=O)N1CCCCC(N(C)C)C1. The zero-order valence-corrected chi connectivity index (χ0v) is 18.1. The van der Waals surface area contributed by atoms with E-state index in [1.807, 2.05) is 60.4 Å². The van der Waals surface area contributed by atoms with Crippen LogP contribution < -0.4 is 4.74 Å². The number of carbonyl (C=O) groups excluding carboxylic acids is 1. The lowest BCUT2D eigenvalue weighted by Crippen LogP contribution is -2.42. The monoisotopic (exact) mass is 406 g/mol. The summed E-state index contributed by atoms with van der Waals surface area (Å²) in [5, 5.41) is 0.828. The molecule has 2 heterocycles. The molecule has 5 nitrogen and oxygen atoms in total. The lowest BCUT2D eigenvalue weighted by atomic mass is 10.1. The van der Waals surface area contributed by atoms with Gasteiger partial charge in [-0.3, -0.25) is 4.79 Å². The van der Waals surface area contributed by atoms with Gasteiger partial charge in [0.15, 0.2) is 0 Å². The van der Waals surface area contributed by atoms with Crippen molar-refractivity contribution < 1.29 is 13.9 Å². The van der Waals surface area contributed by atoms with E-state index >= 15 is 0 Å². The Bertz CT molecular complexity index is 1010. The van der Waals surface area contributed by atoms with Gasteiger partial charge in [0.25, 0.3) is 5.91 Å². The van der Waals surface area contributed by atoms with Crippen LogP contribution in [0, 0.1) is 6.92 Å². The van der Waals surface area contributed by atoms with Crippen molar-refractivity contribution in [2.24, 2.45) is 0 Å². The molecule has 1 atom stereocenters. The molecule has 1 amide bonds. The number of aryl methyl sites for hydroxylation is 1. The van der Waals surface area contributed by atoms with Crippen molar-refractivity contribution in [2.45, 2.75) is 38.8 Å². The van der Waals surface area contributed by atoms with Crippen LogP contribution in [0.2, 0.25) is 0 Å². The van der Waals surface area contributed by atoms with Crippen molar-refractivity contribution in [3.8, 4) is 5.75 Å². The summed E-state index contributed by atoms with van der Waals surface area (Å²) in [6, 6.07) is 16.2. The smallest absolute Gasteiger partial charge is 0.258 e. The third-order valence-corrected chi connectivity index (χ3v) is 5.96. The first kappa shape index (κ1) is 20.5. The zero-order valence-electron chi connectivity index (χ0n) is 18.1. The first-order valence-corrected chi connectivity index (χ1v) is 10.7. The Labute approximate surface area is 178 Å². The van der Waals surface area contributed by atoms with Crippen molar-refractivity contribution in [3.63, 3.8) is 0 Å². The summed E-state index contributed by atoms with van der Waals surface area (Å²) < 4.78 is 11.9. The van der Waals surface area contributed by atoms with Crippen LogP contribution >= 0.6 is 0 Å². The van der Waals surface area contributed by atoms with Crippen molar-refractivity contribution >= 4 is 16.9 Å². The lowest BCUT2D eigenvalue weighted by molar-refractivity contribution is 0.0725. The van der Waals surface area contributed by atoms with E-state index in [1.165, 1.54) is 0 Å². The molecule has 3 aromatic rings. The molecule has 1 aliphatic heterocycles. The van der Waals surface area contributed by atoms with Gasteiger partial charge in [0.05, 0.1) is 5.56 Å². The third kappa shape index (κ3) is 4.36. The maximum absolute atomic E-state index is 13.5. The minimum atomic E-state index is 0.0557. The van der Waals surface area contributed by atoms with Gasteiger partial charge in [-0.2, -0.15) is 0 Å². The average Bonchev–Trinajstić information content (AvgIpc) is 2.91. The summed E-state index contributed by atoms with van der Waals surface area (Å²) in [4.78, 5) is 17.7. The molecule has 1 saturated heterocycles. The van der Waals surface area contributed by atoms with E-state index in [-0.39, 0.29) is 5.91 Å². The van der Waals surface area contributed by atoms with Crippen LogP contribution in [0.4, 0.5) is 0 Å². The number of benzene rings is 2. The van der Waals surface area contributed by atoms with E-state index in [2.05, 4.69) is 19.0 Å². The van der Waals surface area contributed by atoms with Crippen LogP contribution in [0.1, 0.15) is 40.9 Å². The second-order valence-electron chi connectivity index (χ2n) is 8.33. The molecule has 1 aliphatic rings. The number of nitrogens with zero attached hydrogens (tertiary/aromatic N) is 2. The summed E-state index contributed by atoms with van der Waals surface area (Å²) in [7, 11) is 4.18. The maximum Gasteiger partial charge on any atom is 0.258 e. The molecule has 0 spiro atoms. The predicted molar refractivity (Wildman–Crippen MR) is 119 cm³/mol. The topological polar surface area (TPSA) is 45.9 Å². The normalized spacial score (nSPS) is 17.3. The number of fused-ring (bicyclic) bond motifs is 1. The first-order valence-electron chi connectivity index (χ1n) is 10.7. The molecule has 1 aromatic heterocycles. The van der Waals surface area contributed by atoms with E-state index < -0.39 is 0 Å². The number of hydrogen-bond donors (Lipinski definition) is 0. The summed E-state index contributed by atoms with van der Waals surface area (Å²) >= 11 is 0. The van der Waals surface area contributed by atoms with Crippen LogP contribution in [0.3, 0.4) is 0 Å². The fraction of sp³-hybridized carbons (Fsp3) is 0.400. The minimum absolute atomic E-state index is 0.0557. The summed E-state index contributed by atoms with van der Waals surface area (Å²) in [5.41, 5.74) is 2.49. The molecule has 0 saturated carbocycles. The number of amides is 1. The van der Waals surface area contributed by atoms with Gasteiger partial charge in [-0.05, 0) is 57.6 Å². The molecular formula is C25H30N2O3. The van der Waals surface area contributed by atoms with Gasteiger partial charge < -0.3 is 19.0 Å². The first-order chi connectivity index (χ1) is 14.5. The molecule has 1 unspecified atom stereocenters. The number of likely N-dealkylation sites (tertiary alicyclic amines) is 1. The van der Waals surface area contributed by atoms with Crippen LogP contribution in [0.25, 0.3) is 11.0 Å². The van der Waals surface area contributed by atoms with Crippen molar-refractivity contribution in [3.05, 3.63) is 65.4 Å². The van der Waals surface area contributed by atoms with Gasteiger partial charge in [-0.1, -0.05) is 36.8 Å². The van der Waals surface area contributed by atoms with Gasteiger partial charge in [-0.25, -0.2) is 0 Å². The Balaban J connectivity index is 1.59. The van der Waals surface area contributed by atoms with Gasteiger partial charge in [0.1, 0.15) is 23.7 Å². The molecule has 0 N–H and O–H groups in total. The number of carbonyl (C=O) groups is 1. The van der Waals surface area contributed by atoms with Crippen molar-refractivity contribution in [2.75, 3.05) is 27.2 Å². The third-order valence-electron chi connectivity index (χ3n) is 5.96. The van der Waals surface area contributed by atoms with Crippen LogP contribution in [0.5, 0.6) is 5.75 Å². The van der Waals surface area contributed by atoms with E-state index in [9.17, 15) is 4.79 Å². The van der Waals surface area contributed by atoms with Crippen LogP contribution in [-0.2, 0) is 6.61 Å². The van der Waals surface area contributed by atoms with Crippen LogP contribution in [-0.4, -0.2) is 48.9 Å². The quantitative estimate of drug-likeness (QED) is 0.606. The van der Waals surface area contributed by atoms with Gasteiger partial charge >= 0.3 is 0 Å². The minimum Gasteiger partial charge on any atom is -0.489 e. The fourth-order valence-electron chi connectivity index (χ4n) is 4.18. The molecule has 4 rings (SSSR count). The number of ether oxygens (including phenoxy) is 1. The molecule has 0 radical (unpaired) electrons. The largest absolute Gasteiger partial charge is 0.489 e. The lowest BCUT2D eigenvalue weighted by Gasteiger charge is -2.28. The summed E-state index contributed by atoms with van der Waals surface area (Å²) in [6.45, 7) is 3.91. The molecule has 158 valence electrons. The molecule has 5 heteroatoms. The maximum atomic E-state index is 13.5. The standard InChI is InChI=1S/C25H30N2O3/c1-18-24(25(28)27-14-8-7-11-20(16-27)26(2)3)22-15-21(12-13-23(22)30-18)29-17-19-9-5-4-6-10-19/h4-6,9-10,12-13,15,20H,7-8,11,14,16-17H2,1-3H3. The highest BCUT2D eigenvalue weighted by atomic mass is 16.5.